The summed E-state index contributed by atoms with van der Waals surface area (Å²) in [6.07, 6.45) is 1.75. The summed E-state index contributed by atoms with van der Waals surface area (Å²) in [6.45, 7) is 5.29. The molecule has 2 aliphatic heterocycles. The molecule has 0 amide bonds. The highest BCUT2D eigenvalue weighted by Crippen LogP contribution is 2.34. The second kappa shape index (κ2) is 5.94. The van der Waals surface area contributed by atoms with Crippen LogP contribution in [0.4, 0.5) is 11.9 Å². The molecule has 0 aromatic carbocycles. The number of hydrogen-bond donors (Lipinski definition) is 1. The smallest absolute Gasteiger partial charge is 0.229 e. The number of anilines is 2. The average Bonchev–Trinajstić information content (AvgIpc) is 2.95. The Balaban J connectivity index is 1.70. The third kappa shape index (κ3) is 2.99. The molecule has 1 aromatic heterocycles. The Kier molecular flexibility index (Phi) is 4.16. The average molecular weight is 308 g/mol. The first-order chi connectivity index (χ1) is 10.5. The molecule has 2 N–H and O–H groups in total. The highest BCUT2D eigenvalue weighted by atomic mass is 16.7. The van der Waals surface area contributed by atoms with Gasteiger partial charge in [-0.2, -0.15) is 15.0 Å². The quantitative estimate of drug-likeness (QED) is 0.859. The monoisotopic (exact) mass is 308 g/mol. The summed E-state index contributed by atoms with van der Waals surface area (Å²) < 4.78 is 11.5. The number of ether oxygens (including phenoxy) is 2. The van der Waals surface area contributed by atoms with Crippen LogP contribution in [-0.2, 0) is 9.47 Å². The molecule has 2 saturated heterocycles. The van der Waals surface area contributed by atoms with Gasteiger partial charge in [-0.05, 0) is 6.92 Å². The molecule has 122 valence electrons. The van der Waals surface area contributed by atoms with Gasteiger partial charge in [0.1, 0.15) is 0 Å². The lowest BCUT2D eigenvalue weighted by atomic mass is 10.0. The third-order valence-corrected chi connectivity index (χ3v) is 4.35. The van der Waals surface area contributed by atoms with Gasteiger partial charge in [0.15, 0.2) is 11.6 Å². The summed E-state index contributed by atoms with van der Waals surface area (Å²) in [6, 6.07) is 0.0859. The Bertz CT molecular complexity index is 522. The van der Waals surface area contributed by atoms with E-state index in [1.807, 2.05) is 19.0 Å². The predicted octanol–water partition coefficient (Wildman–Crippen LogP) is 0.420. The molecule has 8 heteroatoms. The van der Waals surface area contributed by atoms with Crippen molar-refractivity contribution in [1.29, 1.82) is 0 Å². The van der Waals surface area contributed by atoms with Gasteiger partial charge < -0.3 is 20.1 Å². The third-order valence-electron chi connectivity index (χ3n) is 4.35. The van der Waals surface area contributed by atoms with Crippen LogP contribution in [0.2, 0.25) is 0 Å². The van der Waals surface area contributed by atoms with Gasteiger partial charge >= 0.3 is 0 Å². The van der Waals surface area contributed by atoms with Gasteiger partial charge in [0.25, 0.3) is 0 Å². The Morgan fingerprint density at radius 3 is 2.36 bits per heavy atom. The molecule has 3 rings (SSSR count). The van der Waals surface area contributed by atoms with Crippen LogP contribution in [0.5, 0.6) is 0 Å². The Morgan fingerprint density at radius 2 is 1.77 bits per heavy atom. The molecule has 3 heterocycles. The minimum Gasteiger partial charge on any atom is -0.368 e. The first kappa shape index (κ1) is 15.4. The largest absolute Gasteiger partial charge is 0.368 e. The van der Waals surface area contributed by atoms with Crippen molar-refractivity contribution in [2.45, 2.75) is 31.6 Å². The van der Waals surface area contributed by atoms with Crippen LogP contribution in [0, 0.1) is 0 Å². The zero-order chi connectivity index (χ0) is 15.7. The molecule has 0 radical (unpaired) electrons. The summed E-state index contributed by atoms with van der Waals surface area (Å²) >= 11 is 0. The number of rotatable bonds is 3. The fourth-order valence-electron chi connectivity index (χ4n) is 2.99. The van der Waals surface area contributed by atoms with E-state index in [1.165, 1.54) is 0 Å². The van der Waals surface area contributed by atoms with Crippen LogP contribution in [0.25, 0.3) is 0 Å². The fourth-order valence-corrected chi connectivity index (χ4v) is 2.99. The van der Waals surface area contributed by atoms with Crippen LogP contribution in [-0.4, -0.2) is 66.0 Å². The number of piperidine rings is 1. The van der Waals surface area contributed by atoms with E-state index in [-0.39, 0.29) is 17.8 Å². The molecular formula is C14H24N6O2. The molecule has 1 spiro atoms. The maximum Gasteiger partial charge on any atom is 0.229 e. The van der Waals surface area contributed by atoms with Crippen molar-refractivity contribution in [2.75, 3.05) is 51.0 Å². The van der Waals surface area contributed by atoms with Crippen molar-refractivity contribution >= 4 is 11.9 Å². The lowest BCUT2D eigenvalue weighted by Crippen LogP contribution is -2.46. The van der Waals surface area contributed by atoms with Gasteiger partial charge in [0, 0.05) is 40.0 Å². The molecule has 1 aromatic rings. The Hall–Kier alpha value is -1.51. The molecule has 2 fully saturated rings. The van der Waals surface area contributed by atoms with Crippen LogP contribution < -0.4 is 10.6 Å². The van der Waals surface area contributed by atoms with Crippen LogP contribution in [0.1, 0.15) is 31.6 Å². The minimum absolute atomic E-state index is 0.0859. The van der Waals surface area contributed by atoms with E-state index in [4.69, 9.17) is 15.2 Å². The standard InChI is InChI=1S/C14H24N6O2/c1-10(11-16-12(15)18-13(17-11)19(2)3)20-6-4-14(5-7-20)21-8-9-22-14/h10H,4-9H2,1-3H3,(H2,15,16,17,18)/t10-/m0/s1. The number of nitrogen functional groups attached to an aromatic ring is 1. The van der Waals surface area contributed by atoms with Crippen molar-refractivity contribution in [1.82, 2.24) is 19.9 Å². The predicted molar refractivity (Wildman–Crippen MR) is 82.4 cm³/mol. The van der Waals surface area contributed by atoms with Gasteiger partial charge in [-0.3, -0.25) is 4.90 Å². The molecule has 0 saturated carbocycles. The number of nitrogens with two attached hydrogens (primary N) is 1. The summed E-state index contributed by atoms with van der Waals surface area (Å²) in [7, 11) is 3.78. The van der Waals surface area contributed by atoms with Gasteiger partial charge in [0.05, 0.1) is 19.3 Å². The van der Waals surface area contributed by atoms with E-state index in [2.05, 4.69) is 26.8 Å². The minimum atomic E-state index is -0.358. The van der Waals surface area contributed by atoms with Crippen molar-refractivity contribution in [2.24, 2.45) is 0 Å². The lowest BCUT2D eigenvalue weighted by Gasteiger charge is -2.39. The molecule has 1 atom stereocenters. The Morgan fingerprint density at radius 1 is 1.14 bits per heavy atom. The van der Waals surface area contributed by atoms with E-state index >= 15 is 0 Å². The van der Waals surface area contributed by atoms with Gasteiger partial charge in [-0.25, -0.2) is 0 Å². The molecule has 0 aliphatic carbocycles. The van der Waals surface area contributed by atoms with E-state index < -0.39 is 0 Å². The van der Waals surface area contributed by atoms with Gasteiger partial charge in [0.2, 0.25) is 11.9 Å². The van der Waals surface area contributed by atoms with Crippen molar-refractivity contribution < 1.29 is 9.47 Å². The first-order valence-corrected chi connectivity index (χ1v) is 7.70. The molecule has 2 aliphatic rings. The van der Waals surface area contributed by atoms with Crippen LogP contribution in [0.15, 0.2) is 0 Å². The molecule has 8 nitrogen and oxygen atoms in total. The number of aromatic nitrogens is 3. The maximum atomic E-state index is 5.81. The highest BCUT2D eigenvalue weighted by molar-refractivity contribution is 5.33. The Labute approximate surface area is 130 Å². The summed E-state index contributed by atoms with van der Waals surface area (Å²) in [5, 5.41) is 0. The van der Waals surface area contributed by atoms with Crippen molar-refractivity contribution in [3.05, 3.63) is 5.82 Å². The van der Waals surface area contributed by atoms with Gasteiger partial charge in [-0.15, -0.1) is 0 Å². The second-order valence-electron chi connectivity index (χ2n) is 6.07. The first-order valence-electron chi connectivity index (χ1n) is 7.70. The summed E-state index contributed by atoms with van der Waals surface area (Å²) in [4.78, 5) is 17.1. The SMILES string of the molecule is C[C@@H](c1nc(N)nc(N(C)C)n1)N1CCC2(CC1)OCCO2. The fraction of sp³-hybridized carbons (Fsp3) is 0.786. The molecule has 22 heavy (non-hydrogen) atoms. The molecule has 0 unspecified atom stereocenters. The number of nitrogens with zero attached hydrogens (tertiary/aromatic N) is 5. The lowest BCUT2D eigenvalue weighted by molar-refractivity contribution is -0.187. The molecular weight excluding hydrogens is 284 g/mol. The maximum absolute atomic E-state index is 5.81. The van der Waals surface area contributed by atoms with E-state index in [0.717, 1.165) is 25.9 Å². The number of hydrogen-bond acceptors (Lipinski definition) is 8. The van der Waals surface area contributed by atoms with E-state index in [9.17, 15) is 0 Å². The normalized spacial score (nSPS) is 22.9. The number of likely N-dealkylation sites (tertiary alicyclic amines) is 1. The summed E-state index contributed by atoms with van der Waals surface area (Å²) in [5.74, 6) is 1.20. The van der Waals surface area contributed by atoms with Crippen LogP contribution in [0.3, 0.4) is 0 Å². The van der Waals surface area contributed by atoms with E-state index in [1.54, 1.807) is 0 Å². The zero-order valence-corrected chi connectivity index (χ0v) is 13.4. The van der Waals surface area contributed by atoms with Crippen LogP contribution >= 0.6 is 0 Å². The summed E-state index contributed by atoms with van der Waals surface area (Å²) in [5.41, 5.74) is 5.81. The second-order valence-corrected chi connectivity index (χ2v) is 6.07. The highest BCUT2D eigenvalue weighted by Gasteiger charge is 2.41. The van der Waals surface area contributed by atoms with Gasteiger partial charge in [-0.1, -0.05) is 0 Å². The topological polar surface area (TPSA) is 89.6 Å². The van der Waals surface area contributed by atoms with E-state index in [0.29, 0.717) is 25.0 Å². The van der Waals surface area contributed by atoms with Crippen molar-refractivity contribution in [3.8, 4) is 0 Å². The molecule has 0 bridgehead atoms. The van der Waals surface area contributed by atoms with Crippen molar-refractivity contribution in [3.63, 3.8) is 0 Å². The zero-order valence-electron chi connectivity index (χ0n) is 13.4.